The van der Waals surface area contributed by atoms with Gasteiger partial charge in [0.05, 0.1) is 26.7 Å². The number of nitrogens with one attached hydrogen (secondary N) is 1. The molecular weight excluding hydrogens is 613 g/mol. The van der Waals surface area contributed by atoms with Gasteiger partial charge in [-0.3, -0.25) is 4.90 Å². The maximum Gasteiger partial charge on any atom is 0.376 e. The summed E-state index contributed by atoms with van der Waals surface area (Å²) < 4.78 is 37.9. The molecule has 0 aliphatic carbocycles. The van der Waals surface area contributed by atoms with Crippen LogP contribution in [0.5, 0.6) is 11.5 Å². The molecule has 7 rings (SSSR count). The lowest BCUT2D eigenvalue weighted by molar-refractivity contribution is -0.0519. The molecule has 0 bridgehead atoms. The van der Waals surface area contributed by atoms with E-state index in [1.807, 2.05) is 50.2 Å². The Kier molecular flexibility index (Phi) is 7.37. The highest BCUT2D eigenvalue weighted by Gasteiger charge is 2.44. The minimum atomic E-state index is -4.13. The zero-order chi connectivity index (χ0) is 31.3. The molecule has 12 heteroatoms. The van der Waals surface area contributed by atoms with Crippen molar-refractivity contribution in [1.29, 1.82) is 0 Å². The molecule has 10 nitrogen and oxygen atoms in total. The van der Waals surface area contributed by atoms with Crippen LogP contribution in [0.2, 0.25) is 0 Å². The summed E-state index contributed by atoms with van der Waals surface area (Å²) in [7, 11) is -5.29. The Bertz CT molecular complexity index is 2080. The number of hydrogen-bond donors (Lipinski definition) is 1. The van der Waals surface area contributed by atoms with Gasteiger partial charge in [0.15, 0.2) is 17.2 Å². The van der Waals surface area contributed by atoms with Gasteiger partial charge in [0.25, 0.3) is 4.83 Å². The molecule has 0 radical (unpaired) electrons. The first-order valence-corrected chi connectivity index (χ1v) is 17.1. The van der Waals surface area contributed by atoms with Crippen LogP contribution in [-0.4, -0.2) is 42.2 Å². The number of aryl methyl sites for hydroxylation is 2. The average molecular weight is 642 g/mol. The van der Waals surface area contributed by atoms with E-state index in [-0.39, 0.29) is 16.6 Å². The first-order valence-electron chi connectivity index (χ1n) is 14.4. The van der Waals surface area contributed by atoms with Crippen molar-refractivity contribution in [2.75, 3.05) is 16.8 Å². The van der Waals surface area contributed by atoms with E-state index in [1.165, 1.54) is 22.1 Å². The first kappa shape index (κ1) is 29.1. The number of hydrogen-bond acceptors (Lipinski definition) is 8. The Hall–Kier alpha value is -4.62. The van der Waals surface area contributed by atoms with E-state index in [9.17, 15) is 18.0 Å². The Morgan fingerprint density at radius 3 is 2.47 bits per heavy atom. The molecule has 2 aliphatic rings. The largest absolute Gasteiger partial charge is 0.455 e. The van der Waals surface area contributed by atoms with Crippen LogP contribution in [0.25, 0.3) is 10.2 Å². The number of carbonyl (C=O) groups is 2. The number of ether oxygens (including phenoxy) is 1. The van der Waals surface area contributed by atoms with E-state index in [4.69, 9.17) is 9.02 Å². The summed E-state index contributed by atoms with van der Waals surface area (Å²) in [4.78, 5) is 34.4. The predicted octanol–water partition coefficient (Wildman–Crippen LogP) is 7.50. The van der Waals surface area contributed by atoms with Crippen molar-refractivity contribution < 1.29 is 27.0 Å². The molecule has 4 heterocycles. The number of thiophene rings is 1. The standard InChI is InChI=1S/C33H28N4O6S2/c1-21-13-15-23(16-14-21)45(40,41)43-36-19-7-10-27(36)32(38)44-20-24-30-26(17-18-34-31(30)44)37(33(39)35-24)25-9-4-6-12-29(25)42-28-11-5-3-8-22(28)2/h3-6,8-9,11-18,20,27H,7,10,19H2,1-2H3/p+1/t27-,44?/m1/s1. The van der Waals surface area contributed by atoms with Crippen molar-refractivity contribution in [3.8, 4) is 11.5 Å². The van der Waals surface area contributed by atoms with Gasteiger partial charge in [-0.1, -0.05) is 48.0 Å². The molecule has 1 unspecified atom stereocenters. The summed E-state index contributed by atoms with van der Waals surface area (Å²) in [6.45, 7) is 4.10. The highest BCUT2D eigenvalue weighted by Crippen LogP contribution is 2.49. The Labute approximate surface area is 262 Å². The summed E-state index contributed by atoms with van der Waals surface area (Å²) in [6, 6.07) is 21.8. The number of carbonyl (C=O) groups excluding carboxylic acids is 2. The van der Waals surface area contributed by atoms with Crippen LogP contribution in [0.3, 0.4) is 0 Å². The zero-order valence-corrected chi connectivity index (χ0v) is 26.1. The van der Waals surface area contributed by atoms with E-state index in [1.54, 1.807) is 41.9 Å². The number of amides is 2. The third kappa shape index (κ3) is 5.25. The summed E-state index contributed by atoms with van der Waals surface area (Å²) in [6.07, 6.45) is 2.61. The molecule has 228 valence electrons. The summed E-state index contributed by atoms with van der Waals surface area (Å²) in [5.74, 6) is 1.16. The lowest BCUT2D eigenvalue weighted by Crippen LogP contribution is -2.36. The van der Waals surface area contributed by atoms with Crippen LogP contribution in [0.1, 0.15) is 28.8 Å². The summed E-state index contributed by atoms with van der Waals surface area (Å²) in [5.41, 5.74) is 3.47. The van der Waals surface area contributed by atoms with Crippen LogP contribution < -0.4 is 15.0 Å². The second-order valence-corrected chi connectivity index (χ2v) is 14.2. The highest BCUT2D eigenvalue weighted by atomic mass is 32.2. The fourth-order valence-electron chi connectivity index (χ4n) is 5.64. The third-order valence-corrected chi connectivity index (χ3v) is 11.0. The van der Waals surface area contributed by atoms with E-state index in [2.05, 4.69) is 10.3 Å². The van der Waals surface area contributed by atoms with Gasteiger partial charge >= 0.3 is 21.3 Å². The fourth-order valence-corrected chi connectivity index (χ4v) is 8.59. The summed E-state index contributed by atoms with van der Waals surface area (Å²) in [5, 5.41) is 6.36. The molecule has 5 aromatic rings. The quantitative estimate of drug-likeness (QED) is 0.173. The van der Waals surface area contributed by atoms with Crippen molar-refractivity contribution in [3.05, 3.63) is 102 Å². The number of benzene rings is 3. The second-order valence-electron chi connectivity index (χ2n) is 10.9. The predicted molar refractivity (Wildman–Crippen MR) is 173 cm³/mol. The van der Waals surface area contributed by atoms with Crippen molar-refractivity contribution in [1.82, 2.24) is 10.0 Å². The number of rotatable bonds is 8. The average Bonchev–Trinajstić information content (AvgIpc) is 3.64. The monoisotopic (exact) mass is 641 g/mol. The number of urea groups is 1. The van der Waals surface area contributed by atoms with E-state index >= 15 is 0 Å². The van der Waals surface area contributed by atoms with Crippen molar-refractivity contribution in [2.24, 2.45) is 0 Å². The molecule has 0 saturated carbocycles. The van der Waals surface area contributed by atoms with Crippen molar-refractivity contribution in [3.63, 3.8) is 0 Å². The number of hydroxylamine groups is 2. The topological polar surface area (TPSA) is 118 Å². The van der Waals surface area contributed by atoms with Gasteiger partial charge in [0, 0.05) is 12.7 Å². The maximum atomic E-state index is 14.1. The van der Waals surface area contributed by atoms with Gasteiger partial charge in [-0.15, -0.1) is 0 Å². The van der Waals surface area contributed by atoms with Gasteiger partial charge in [-0.25, -0.2) is 14.6 Å². The molecule has 2 aliphatic heterocycles. The maximum absolute atomic E-state index is 14.1. The minimum absolute atomic E-state index is 0.0220. The third-order valence-electron chi connectivity index (χ3n) is 7.91. The normalized spacial score (nSPS) is 17.0. The van der Waals surface area contributed by atoms with Crippen LogP contribution in [0.15, 0.2) is 95.3 Å². The van der Waals surface area contributed by atoms with Gasteiger partial charge < -0.3 is 10.1 Å². The molecule has 2 aromatic heterocycles. The van der Waals surface area contributed by atoms with Crippen LogP contribution >= 0.6 is 10.5 Å². The van der Waals surface area contributed by atoms with Gasteiger partial charge in [-0.05, 0) is 68.7 Å². The molecule has 2 amide bonds. The lowest BCUT2D eigenvalue weighted by Gasteiger charge is -2.28. The SMILES string of the molecule is Cc1ccc(S(=O)(=O)ON2CCC[C@@H]2C(=O)[s+]2cc3c4c(ccnc42)N(c2ccccc2Oc2ccccc2C)C(=O)N3)cc1. The van der Waals surface area contributed by atoms with Crippen molar-refractivity contribution in [2.45, 2.75) is 37.6 Å². The van der Waals surface area contributed by atoms with Crippen molar-refractivity contribution >= 4 is 59.0 Å². The molecule has 3 aromatic carbocycles. The van der Waals surface area contributed by atoms with E-state index in [0.717, 1.165) is 11.1 Å². The summed E-state index contributed by atoms with van der Waals surface area (Å²) >= 11 is 0. The lowest BCUT2D eigenvalue weighted by atomic mass is 10.1. The second kappa shape index (κ2) is 11.4. The number of para-hydroxylation sites is 3. The smallest absolute Gasteiger partial charge is 0.376 e. The molecule has 1 N–H and O–H groups in total. The van der Waals surface area contributed by atoms with Crippen LogP contribution in [-0.2, 0) is 14.4 Å². The Morgan fingerprint density at radius 2 is 1.69 bits per heavy atom. The molecule has 1 saturated heterocycles. The van der Waals surface area contributed by atoms with E-state index in [0.29, 0.717) is 51.6 Å². The van der Waals surface area contributed by atoms with Gasteiger partial charge in [0.2, 0.25) is 0 Å². The minimum Gasteiger partial charge on any atom is -0.455 e. The molecular formula is C33H29N4O6S2+. The number of pyridine rings is 1. The number of aromatic nitrogens is 1. The molecule has 0 spiro atoms. The fraction of sp³-hybridized carbons (Fsp3) is 0.182. The number of anilines is 3. The highest BCUT2D eigenvalue weighted by molar-refractivity contribution is 7.86. The van der Waals surface area contributed by atoms with Crippen LogP contribution in [0, 0.1) is 13.8 Å². The first-order chi connectivity index (χ1) is 21.7. The molecule has 1 fully saturated rings. The molecule has 2 atom stereocenters. The molecule has 45 heavy (non-hydrogen) atoms. The van der Waals surface area contributed by atoms with E-state index < -0.39 is 32.7 Å². The van der Waals surface area contributed by atoms with Gasteiger partial charge in [0.1, 0.15) is 16.8 Å². The number of nitrogens with zero attached hydrogens (tertiary/aromatic N) is 3. The van der Waals surface area contributed by atoms with Crippen LogP contribution in [0.4, 0.5) is 21.9 Å². The Morgan fingerprint density at radius 1 is 0.956 bits per heavy atom. The van der Waals surface area contributed by atoms with Gasteiger partial charge in [-0.2, -0.15) is 17.8 Å². The zero-order valence-electron chi connectivity index (χ0n) is 24.5. The Balaban J connectivity index is 1.23.